The summed E-state index contributed by atoms with van der Waals surface area (Å²) in [5.74, 6) is -0.0103. The number of rotatable bonds is 4. The first-order chi connectivity index (χ1) is 11.1. The lowest BCUT2D eigenvalue weighted by atomic mass is 10.0. The summed E-state index contributed by atoms with van der Waals surface area (Å²) in [5.41, 5.74) is 1.84. The minimum atomic E-state index is -0.760. The van der Waals surface area contributed by atoms with Crippen molar-refractivity contribution in [3.63, 3.8) is 0 Å². The van der Waals surface area contributed by atoms with Crippen LogP contribution in [0.25, 0.3) is 0 Å². The number of carbonyl (C=O) groups is 1. The van der Waals surface area contributed by atoms with Crippen LogP contribution in [0.2, 0.25) is 5.02 Å². The van der Waals surface area contributed by atoms with E-state index in [1.165, 1.54) is 0 Å². The first kappa shape index (κ1) is 16.0. The Bertz CT molecular complexity index is 674. The van der Waals surface area contributed by atoms with Crippen LogP contribution in [0.5, 0.6) is 0 Å². The smallest absolute Gasteiger partial charge is 0.226 e. The summed E-state index contributed by atoms with van der Waals surface area (Å²) < 4.78 is 0. The quantitative estimate of drug-likeness (QED) is 0.916. The molecule has 4 heteroatoms. The second kappa shape index (κ2) is 7.16. The molecule has 2 aromatic rings. The molecule has 1 fully saturated rings. The van der Waals surface area contributed by atoms with Crippen LogP contribution in [-0.4, -0.2) is 22.5 Å². The lowest BCUT2D eigenvalue weighted by Crippen LogP contribution is -2.31. The Kier molecular flexibility index (Phi) is 4.99. The van der Waals surface area contributed by atoms with E-state index in [-0.39, 0.29) is 18.4 Å². The summed E-state index contributed by atoms with van der Waals surface area (Å²) in [6.45, 7) is 0.734. The van der Waals surface area contributed by atoms with Gasteiger partial charge in [-0.3, -0.25) is 4.79 Å². The summed E-state index contributed by atoms with van der Waals surface area (Å²) in [6, 6.07) is 17.1. The second-order valence-corrected chi connectivity index (χ2v) is 6.37. The molecule has 0 aliphatic carbocycles. The number of aliphatic hydroxyl groups is 1. The van der Waals surface area contributed by atoms with Gasteiger partial charge in [-0.25, -0.2) is 0 Å². The third-order valence-electron chi connectivity index (χ3n) is 4.36. The molecule has 2 unspecified atom stereocenters. The van der Waals surface area contributed by atoms with Crippen molar-refractivity contribution in [1.82, 2.24) is 4.90 Å². The first-order valence-corrected chi connectivity index (χ1v) is 8.31. The predicted octanol–water partition coefficient (Wildman–Crippen LogP) is 4.13. The number of amides is 1. The zero-order valence-electron chi connectivity index (χ0n) is 12.9. The minimum Gasteiger partial charge on any atom is -0.388 e. The van der Waals surface area contributed by atoms with Crippen molar-refractivity contribution in [3.05, 3.63) is 70.7 Å². The van der Waals surface area contributed by atoms with Gasteiger partial charge in [0.25, 0.3) is 0 Å². The van der Waals surface area contributed by atoms with Gasteiger partial charge in [-0.1, -0.05) is 54.1 Å². The van der Waals surface area contributed by atoms with Gasteiger partial charge in [0.15, 0.2) is 0 Å². The van der Waals surface area contributed by atoms with Gasteiger partial charge in [0.05, 0.1) is 18.6 Å². The van der Waals surface area contributed by atoms with Gasteiger partial charge in [-0.2, -0.15) is 0 Å². The Labute approximate surface area is 141 Å². The lowest BCUT2D eigenvalue weighted by Gasteiger charge is -2.26. The summed E-state index contributed by atoms with van der Waals surface area (Å²) in [4.78, 5) is 14.5. The van der Waals surface area contributed by atoms with Crippen LogP contribution < -0.4 is 0 Å². The molecule has 1 heterocycles. The molecule has 0 saturated carbocycles. The maximum Gasteiger partial charge on any atom is 0.226 e. The molecule has 0 aromatic heterocycles. The van der Waals surface area contributed by atoms with Crippen molar-refractivity contribution in [2.45, 2.75) is 31.4 Å². The van der Waals surface area contributed by atoms with E-state index in [4.69, 9.17) is 11.6 Å². The molecule has 2 aromatic carbocycles. The van der Waals surface area contributed by atoms with Gasteiger partial charge >= 0.3 is 0 Å². The maximum absolute atomic E-state index is 12.6. The molecule has 1 aliphatic rings. The highest BCUT2D eigenvalue weighted by molar-refractivity contribution is 6.30. The molecule has 2 atom stereocenters. The SMILES string of the molecule is O=C(CC(O)c1ccccc1)N1CCCC1c1cccc(Cl)c1. The van der Waals surface area contributed by atoms with E-state index in [9.17, 15) is 9.90 Å². The average molecular weight is 330 g/mol. The van der Waals surface area contributed by atoms with Gasteiger partial charge in [0, 0.05) is 11.6 Å². The number of aliphatic hydroxyl groups excluding tert-OH is 1. The standard InChI is InChI=1S/C19H20ClNO2/c20-16-9-4-8-15(12-16)17-10-5-11-21(17)19(23)13-18(22)14-6-2-1-3-7-14/h1-4,6-9,12,17-18,22H,5,10-11,13H2. The molecular weight excluding hydrogens is 310 g/mol. The number of hydrogen-bond donors (Lipinski definition) is 1. The fourth-order valence-corrected chi connectivity index (χ4v) is 3.40. The van der Waals surface area contributed by atoms with Crippen LogP contribution in [0.15, 0.2) is 54.6 Å². The van der Waals surface area contributed by atoms with Crippen LogP contribution in [-0.2, 0) is 4.79 Å². The number of benzene rings is 2. The van der Waals surface area contributed by atoms with E-state index in [0.717, 1.165) is 30.5 Å². The molecule has 1 N–H and O–H groups in total. The van der Waals surface area contributed by atoms with Crippen molar-refractivity contribution < 1.29 is 9.90 Å². The Balaban J connectivity index is 1.71. The van der Waals surface area contributed by atoms with Crippen LogP contribution >= 0.6 is 11.6 Å². The third kappa shape index (κ3) is 3.74. The minimum absolute atomic E-state index is 0.0103. The van der Waals surface area contributed by atoms with Crippen molar-refractivity contribution in [3.8, 4) is 0 Å². The molecule has 0 spiro atoms. The lowest BCUT2D eigenvalue weighted by molar-refractivity contribution is -0.134. The van der Waals surface area contributed by atoms with Gasteiger partial charge in [0.1, 0.15) is 0 Å². The van der Waals surface area contributed by atoms with E-state index >= 15 is 0 Å². The Morgan fingerprint density at radius 3 is 2.74 bits per heavy atom. The number of halogens is 1. The molecule has 3 nitrogen and oxygen atoms in total. The normalized spacial score (nSPS) is 18.9. The molecule has 0 radical (unpaired) electrons. The number of carbonyl (C=O) groups excluding carboxylic acids is 1. The van der Waals surface area contributed by atoms with Crippen LogP contribution in [0.3, 0.4) is 0 Å². The van der Waals surface area contributed by atoms with Crippen LogP contribution in [0, 0.1) is 0 Å². The van der Waals surface area contributed by atoms with E-state index in [0.29, 0.717) is 5.02 Å². The fourth-order valence-electron chi connectivity index (χ4n) is 3.20. The van der Waals surface area contributed by atoms with Crippen molar-refractivity contribution in [2.75, 3.05) is 6.54 Å². The highest BCUT2D eigenvalue weighted by Gasteiger charge is 2.31. The zero-order chi connectivity index (χ0) is 16.2. The molecule has 0 bridgehead atoms. The zero-order valence-corrected chi connectivity index (χ0v) is 13.6. The van der Waals surface area contributed by atoms with Crippen molar-refractivity contribution in [1.29, 1.82) is 0 Å². The molecular formula is C19H20ClNO2. The van der Waals surface area contributed by atoms with Gasteiger partial charge < -0.3 is 10.0 Å². The van der Waals surface area contributed by atoms with Crippen molar-refractivity contribution >= 4 is 17.5 Å². The number of likely N-dealkylation sites (tertiary alicyclic amines) is 1. The number of nitrogens with zero attached hydrogens (tertiary/aromatic N) is 1. The maximum atomic E-state index is 12.6. The molecule has 23 heavy (non-hydrogen) atoms. The highest BCUT2D eigenvalue weighted by Crippen LogP contribution is 2.34. The predicted molar refractivity (Wildman–Crippen MR) is 91.2 cm³/mol. The Morgan fingerprint density at radius 2 is 2.00 bits per heavy atom. The summed E-state index contributed by atoms with van der Waals surface area (Å²) >= 11 is 6.07. The fraction of sp³-hybridized carbons (Fsp3) is 0.316. The molecule has 1 saturated heterocycles. The van der Waals surface area contributed by atoms with Crippen LogP contribution in [0.4, 0.5) is 0 Å². The average Bonchev–Trinajstić information content (AvgIpc) is 3.05. The molecule has 1 amide bonds. The topological polar surface area (TPSA) is 40.5 Å². The summed E-state index contributed by atoms with van der Waals surface area (Å²) in [6.07, 6.45) is 1.27. The molecule has 120 valence electrons. The summed E-state index contributed by atoms with van der Waals surface area (Å²) in [7, 11) is 0. The van der Waals surface area contributed by atoms with E-state index < -0.39 is 6.10 Å². The van der Waals surface area contributed by atoms with Crippen LogP contribution in [0.1, 0.15) is 42.5 Å². The second-order valence-electron chi connectivity index (χ2n) is 5.93. The third-order valence-corrected chi connectivity index (χ3v) is 4.59. The van der Waals surface area contributed by atoms with E-state index in [1.54, 1.807) is 0 Å². The highest BCUT2D eigenvalue weighted by atomic mass is 35.5. The largest absolute Gasteiger partial charge is 0.388 e. The Morgan fingerprint density at radius 1 is 1.22 bits per heavy atom. The van der Waals surface area contributed by atoms with Gasteiger partial charge in [-0.15, -0.1) is 0 Å². The van der Waals surface area contributed by atoms with E-state index in [1.807, 2.05) is 59.5 Å². The Hall–Kier alpha value is -1.84. The monoisotopic (exact) mass is 329 g/mol. The van der Waals surface area contributed by atoms with Gasteiger partial charge in [0.2, 0.25) is 5.91 Å². The van der Waals surface area contributed by atoms with E-state index in [2.05, 4.69) is 0 Å². The van der Waals surface area contributed by atoms with Gasteiger partial charge in [-0.05, 0) is 36.1 Å². The van der Waals surface area contributed by atoms with Crippen molar-refractivity contribution in [2.24, 2.45) is 0 Å². The molecule has 3 rings (SSSR count). The number of hydrogen-bond acceptors (Lipinski definition) is 2. The molecule has 1 aliphatic heterocycles. The first-order valence-electron chi connectivity index (χ1n) is 7.93. The summed E-state index contributed by atoms with van der Waals surface area (Å²) in [5, 5.41) is 11.0.